The highest BCUT2D eigenvalue weighted by atomic mass is 16.3. The van der Waals surface area contributed by atoms with Gasteiger partial charge in [0, 0.05) is 25.0 Å². The maximum atomic E-state index is 10.1. The molecular weight excluding hydrogens is 272 g/mol. The van der Waals surface area contributed by atoms with Gasteiger partial charge in [0.2, 0.25) is 0 Å². The van der Waals surface area contributed by atoms with Gasteiger partial charge < -0.3 is 10.0 Å². The summed E-state index contributed by atoms with van der Waals surface area (Å²) in [7, 11) is 0. The number of hydrogen-bond donors (Lipinski definition) is 1. The fraction of sp³-hybridized carbons (Fsp3) is 0.684. The van der Waals surface area contributed by atoms with Crippen LogP contribution < -0.4 is 0 Å². The predicted molar refractivity (Wildman–Crippen MR) is 89.4 cm³/mol. The number of aromatic hydroxyl groups is 1. The minimum absolute atomic E-state index is 0.516. The Kier molecular flexibility index (Phi) is 4.10. The Morgan fingerprint density at radius 2 is 1.86 bits per heavy atom. The first-order valence-electron chi connectivity index (χ1n) is 9.10. The zero-order valence-electron chi connectivity index (χ0n) is 13.5. The average Bonchev–Trinajstić information content (AvgIpc) is 2.98. The summed E-state index contributed by atoms with van der Waals surface area (Å²) in [6.45, 7) is 6.32. The smallest absolute Gasteiger partial charge is 0.119 e. The van der Waals surface area contributed by atoms with Gasteiger partial charge in [0.1, 0.15) is 5.75 Å². The lowest BCUT2D eigenvalue weighted by molar-refractivity contribution is 0.164. The van der Waals surface area contributed by atoms with Gasteiger partial charge in [-0.2, -0.15) is 0 Å². The van der Waals surface area contributed by atoms with E-state index in [-0.39, 0.29) is 0 Å². The summed E-state index contributed by atoms with van der Waals surface area (Å²) < 4.78 is 0. The molecule has 0 bridgehead atoms. The summed E-state index contributed by atoms with van der Waals surface area (Å²) in [5.74, 6) is 1.17. The zero-order chi connectivity index (χ0) is 14.9. The molecule has 2 saturated heterocycles. The van der Waals surface area contributed by atoms with Crippen LogP contribution in [0.4, 0.5) is 0 Å². The summed E-state index contributed by atoms with van der Waals surface area (Å²) in [5.41, 5.74) is 2.65. The molecule has 3 nitrogen and oxygen atoms in total. The number of rotatable bonds is 3. The van der Waals surface area contributed by atoms with Gasteiger partial charge >= 0.3 is 0 Å². The van der Waals surface area contributed by atoms with Crippen molar-refractivity contribution in [3.63, 3.8) is 0 Å². The molecule has 2 heterocycles. The number of fused-ring (bicyclic) bond motifs is 3. The van der Waals surface area contributed by atoms with E-state index in [1.807, 2.05) is 12.1 Å². The number of phenols is 1. The van der Waals surface area contributed by atoms with Crippen LogP contribution in [0.1, 0.15) is 49.1 Å². The molecular formula is C19H28N2O. The van der Waals surface area contributed by atoms with Crippen molar-refractivity contribution in [2.75, 3.05) is 32.7 Å². The van der Waals surface area contributed by atoms with Crippen molar-refractivity contribution in [3.8, 4) is 5.75 Å². The second kappa shape index (κ2) is 6.21. The minimum Gasteiger partial charge on any atom is -0.508 e. The largest absolute Gasteiger partial charge is 0.508 e. The number of likely N-dealkylation sites (tertiary alicyclic amines) is 2. The molecule has 0 unspecified atom stereocenters. The van der Waals surface area contributed by atoms with E-state index in [2.05, 4.69) is 15.9 Å². The zero-order valence-corrected chi connectivity index (χ0v) is 13.5. The number of benzene rings is 1. The van der Waals surface area contributed by atoms with E-state index >= 15 is 0 Å². The standard InChI is InChI=1S/C19H28N2O/c22-19-6-4-5-15-16-9-12-21(18(16)8-7-17(15)19)14-13-20-10-2-1-3-11-20/h4-6,16,18,22H,1-3,7-14H2/t16-,18+/m1/s1. The van der Waals surface area contributed by atoms with Gasteiger partial charge in [0.25, 0.3) is 0 Å². The third-order valence-corrected chi connectivity index (χ3v) is 6.09. The monoisotopic (exact) mass is 300 g/mol. The summed E-state index contributed by atoms with van der Waals surface area (Å²) in [5, 5.41) is 10.1. The Hall–Kier alpha value is -1.06. The van der Waals surface area contributed by atoms with Crippen molar-refractivity contribution < 1.29 is 5.11 Å². The van der Waals surface area contributed by atoms with Gasteiger partial charge in [-0.3, -0.25) is 4.90 Å². The number of phenolic OH excluding ortho intramolecular Hbond substituents is 1. The van der Waals surface area contributed by atoms with Crippen LogP contribution in [-0.2, 0) is 6.42 Å². The topological polar surface area (TPSA) is 26.7 Å². The van der Waals surface area contributed by atoms with Gasteiger partial charge in [-0.05, 0) is 68.9 Å². The highest BCUT2D eigenvalue weighted by Gasteiger charge is 2.39. The SMILES string of the molecule is Oc1cccc2c1CC[C@H]1[C@@H]2CCN1CCN1CCCCC1. The molecule has 0 saturated carbocycles. The Balaban J connectivity index is 1.42. The van der Waals surface area contributed by atoms with Crippen LogP contribution in [0.15, 0.2) is 18.2 Å². The first-order chi connectivity index (χ1) is 10.8. The molecule has 2 atom stereocenters. The quantitative estimate of drug-likeness (QED) is 0.929. The maximum absolute atomic E-state index is 10.1. The van der Waals surface area contributed by atoms with Crippen molar-refractivity contribution in [3.05, 3.63) is 29.3 Å². The first kappa shape index (κ1) is 14.5. The average molecular weight is 300 g/mol. The molecule has 1 aliphatic carbocycles. The third-order valence-electron chi connectivity index (χ3n) is 6.09. The Morgan fingerprint density at radius 1 is 1.00 bits per heavy atom. The summed E-state index contributed by atoms with van der Waals surface area (Å²) >= 11 is 0. The van der Waals surface area contributed by atoms with Crippen LogP contribution in [0, 0.1) is 0 Å². The molecule has 0 amide bonds. The van der Waals surface area contributed by atoms with Crippen molar-refractivity contribution in [2.24, 2.45) is 0 Å². The highest BCUT2D eigenvalue weighted by molar-refractivity contribution is 5.44. The van der Waals surface area contributed by atoms with E-state index in [1.165, 1.54) is 76.0 Å². The molecule has 0 radical (unpaired) electrons. The Labute approximate surface area is 133 Å². The molecule has 0 spiro atoms. The Bertz CT molecular complexity index is 524. The van der Waals surface area contributed by atoms with Crippen LogP contribution in [0.3, 0.4) is 0 Å². The molecule has 2 aliphatic heterocycles. The summed E-state index contributed by atoms with van der Waals surface area (Å²) in [6, 6.07) is 6.83. The van der Waals surface area contributed by atoms with Crippen molar-refractivity contribution in [1.82, 2.24) is 9.80 Å². The maximum Gasteiger partial charge on any atom is 0.119 e. The molecule has 3 heteroatoms. The molecule has 22 heavy (non-hydrogen) atoms. The van der Waals surface area contributed by atoms with Gasteiger partial charge in [0.15, 0.2) is 0 Å². The first-order valence-corrected chi connectivity index (χ1v) is 9.10. The van der Waals surface area contributed by atoms with Crippen LogP contribution in [0.5, 0.6) is 5.75 Å². The van der Waals surface area contributed by atoms with Gasteiger partial charge in [0.05, 0.1) is 0 Å². The van der Waals surface area contributed by atoms with E-state index in [0.717, 1.165) is 6.42 Å². The molecule has 4 rings (SSSR count). The lowest BCUT2D eigenvalue weighted by Crippen LogP contribution is -2.41. The molecule has 120 valence electrons. The van der Waals surface area contributed by atoms with E-state index < -0.39 is 0 Å². The van der Waals surface area contributed by atoms with Crippen LogP contribution >= 0.6 is 0 Å². The van der Waals surface area contributed by atoms with E-state index in [9.17, 15) is 5.11 Å². The normalized spacial score (nSPS) is 29.3. The van der Waals surface area contributed by atoms with E-state index in [1.54, 1.807) is 0 Å². The van der Waals surface area contributed by atoms with Crippen molar-refractivity contribution >= 4 is 0 Å². The second-order valence-corrected chi connectivity index (χ2v) is 7.28. The molecule has 3 aliphatic rings. The van der Waals surface area contributed by atoms with Crippen LogP contribution in [0.2, 0.25) is 0 Å². The van der Waals surface area contributed by atoms with Crippen LogP contribution in [-0.4, -0.2) is 53.7 Å². The molecule has 1 aromatic carbocycles. The molecule has 2 fully saturated rings. The van der Waals surface area contributed by atoms with Gasteiger partial charge in [-0.15, -0.1) is 0 Å². The lowest BCUT2D eigenvalue weighted by atomic mass is 9.79. The van der Waals surface area contributed by atoms with Gasteiger partial charge in [-0.25, -0.2) is 0 Å². The van der Waals surface area contributed by atoms with Crippen molar-refractivity contribution in [1.29, 1.82) is 0 Å². The summed E-state index contributed by atoms with van der Waals surface area (Å²) in [6.07, 6.45) is 7.72. The summed E-state index contributed by atoms with van der Waals surface area (Å²) in [4.78, 5) is 5.38. The number of nitrogens with zero attached hydrogens (tertiary/aromatic N) is 2. The Morgan fingerprint density at radius 3 is 2.73 bits per heavy atom. The van der Waals surface area contributed by atoms with Gasteiger partial charge in [-0.1, -0.05) is 18.6 Å². The number of piperidine rings is 1. The lowest BCUT2D eigenvalue weighted by Gasteiger charge is -2.35. The van der Waals surface area contributed by atoms with Crippen molar-refractivity contribution in [2.45, 2.75) is 50.5 Å². The minimum atomic E-state index is 0.516. The third kappa shape index (κ3) is 2.65. The second-order valence-electron chi connectivity index (χ2n) is 7.28. The molecule has 1 aromatic rings. The van der Waals surface area contributed by atoms with E-state index in [0.29, 0.717) is 17.7 Å². The molecule has 0 aromatic heterocycles. The van der Waals surface area contributed by atoms with E-state index in [4.69, 9.17) is 0 Å². The van der Waals surface area contributed by atoms with Crippen LogP contribution in [0.25, 0.3) is 0 Å². The predicted octanol–water partition coefficient (Wildman–Crippen LogP) is 2.98. The fourth-order valence-corrected chi connectivity index (χ4v) is 4.90. The number of hydrogen-bond acceptors (Lipinski definition) is 3. The molecule has 1 N–H and O–H groups in total. The fourth-order valence-electron chi connectivity index (χ4n) is 4.90. The highest BCUT2D eigenvalue weighted by Crippen LogP contribution is 2.43.